The van der Waals surface area contributed by atoms with Crippen molar-refractivity contribution < 1.29 is 9.59 Å². The second-order valence-corrected chi connectivity index (χ2v) is 13.4. The Morgan fingerprint density at radius 3 is 1.84 bits per heavy atom. The quantitative estimate of drug-likeness (QED) is 0.108. The zero-order chi connectivity index (χ0) is 35.0. The van der Waals surface area contributed by atoms with Crippen LogP contribution in [-0.4, -0.2) is 66.7 Å². The number of nitrogens with one attached hydrogen (secondary N) is 2. The number of hydrogen-bond donors (Lipinski definition) is 3. The van der Waals surface area contributed by atoms with Gasteiger partial charge in [0.2, 0.25) is 0 Å². The molecule has 2 atom stereocenters. The fourth-order valence-corrected chi connectivity index (χ4v) is 6.99. The molecule has 1 fully saturated rings. The summed E-state index contributed by atoms with van der Waals surface area (Å²) >= 11 is 0. The van der Waals surface area contributed by atoms with Crippen LogP contribution in [0.15, 0.2) is 133 Å². The fraction of sp³-hybridized carbons (Fsp3) is 0.349. The molecule has 0 heterocycles. The van der Waals surface area contributed by atoms with Crippen molar-refractivity contribution in [2.45, 2.75) is 62.9 Å². The Hall–Kier alpha value is -4.88. The number of carbonyl (C=O) groups is 2. The van der Waals surface area contributed by atoms with Crippen LogP contribution in [0.4, 0.5) is 9.59 Å². The number of urea groups is 2. The molecule has 0 saturated heterocycles. The van der Waals surface area contributed by atoms with Gasteiger partial charge in [0.05, 0.1) is 0 Å². The summed E-state index contributed by atoms with van der Waals surface area (Å²) in [5, 5.41) is 5.90. The van der Waals surface area contributed by atoms with Crippen molar-refractivity contribution in [3.8, 4) is 0 Å². The maximum atomic E-state index is 14.8. The Morgan fingerprint density at radius 2 is 1.26 bits per heavy atom. The summed E-state index contributed by atoms with van der Waals surface area (Å²) in [6.45, 7) is 6.58. The fourth-order valence-electron chi connectivity index (χ4n) is 6.99. The molecule has 0 radical (unpaired) electrons. The molecule has 0 unspecified atom stereocenters. The number of nitrogens with two attached hydrogens (primary N) is 1. The van der Waals surface area contributed by atoms with Crippen LogP contribution in [0.1, 0.15) is 60.3 Å². The van der Waals surface area contributed by atoms with Crippen LogP contribution in [0.25, 0.3) is 0 Å². The molecule has 0 aromatic heterocycles. The molecule has 1 saturated carbocycles. The van der Waals surface area contributed by atoms with E-state index in [1.54, 1.807) is 0 Å². The van der Waals surface area contributed by atoms with E-state index in [0.29, 0.717) is 26.2 Å². The van der Waals surface area contributed by atoms with Gasteiger partial charge in [0.1, 0.15) is 0 Å². The van der Waals surface area contributed by atoms with Gasteiger partial charge in [-0.3, -0.25) is 0 Å². The van der Waals surface area contributed by atoms with Crippen molar-refractivity contribution in [2.24, 2.45) is 5.73 Å². The van der Waals surface area contributed by atoms with Crippen molar-refractivity contribution >= 4 is 12.1 Å². The average Bonchev–Trinajstić information content (AvgIpc) is 3.16. The van der Waals surface area contributed by atoms with Crippen LogP contribution >= 0.6 is 0 Å². The lowest BCUT2D eigenvalue weighted by Gasteiger charge is -2.41. The third-order valence-electron chi connectivity index (χ3n) is 9.73. The minimum atomic E-state index is -0.245. The number of hydrogen-bond acceptors (Lipinski definition) is 3. The average molecular weight is 672 g/mol. The molecule has 0 spiro atoms. The summed E-state index contributed by atoms with van der Waals surface area (Å²) in [7, 11) is 0. The summed E-state index contributed by atoms with van der Waals surface area (Å²) in [6, 6.07) is 41.1. The lowest BCUT2D eigenvalue weighted by atomic mass is 9.88. The van der Waals surface area contributed by atoms with E-state index in [2.05, 4.69) is 90.0 Å². The van der Waals surface area contributed by atoms with Crippen LogP contribution in [0, 0.1) is 0 Å². The van der Waals surface area contributed by atoms with E-state index in [1.165, 1.54) is 22.3 Å². The highest BCUT2D eigenvalue weighted by Gasteiger charge is 2.33. The third-order valence-corrected chi connectivity index (χ3v) is 9.73. The van der Waals surface area contributed by atoms with Crippen molar-refractivity contribution in [3.05, 3.63) is 156 Å². The van der Waals surface area contributed by atoms with Crippen LogP contribution in [0.5, 0.6) is 0 Å². The molecule has 1 aliphatic rings. The largest absolute Gasteiger partial charge is 0.338 e. The van der Waals surface area contributed by atoms with E-state index in [-0.39, 0.29) is 36.6 Å². The van der Waals surface area contributed by atoms with Crippen molar-refractivity contribution in [1.82, 2.24) is 20.4 Å². The molecule has 4 aromatic carbocycles. The van der Waals surface area contributed by atoms with Gasteiger partial charge in [-0.15, -0.1) is 0 Å². The maximum Gasteiger partial charge on any atom is 0.320 e. The van der Waals surface area contributed by atoms with E-state index in [1.807, 2.05) is 58.3 Å². The van der Waals surface area contributed by atoms with Gasteiger partial charge in [0.15, 0.2) is 0 Å². The molecule has 7 nitrogen and oxygen atoms in total. The van der Waals surface area contributed by atoms with E-state index in [4.69, 9.17) is 5.73 Å². The van der Waals surface area contributed by atoms with Gasteiger partial charge in [-0.1, -0.05) is 141 Å². The second kappa shape index (κ2) is 19.3. The molecule has 262 valence electrons. The molecule has 0 aliphatic heterocycles. The van der Waals surface area contributed by atoms with Crippen LogP contribution in [0.2, 0.25) is 0 Å². The third kappa shape index (κ3) is 11.1. The first kappa shape index (κ1) is 36.4. The lowest BCUT2D eigenvalue weighted by Crippen LogP contribution is -2.56. The summed E-state index contributed by atoms with van der Waals surface area (Å²) in [5.41, 5.74) is 12.3. The normalized spacial score (nSPS) is 15.6. The maximum absolute atomic E-state index is 14.8. The van der Waals surface area contributed by atoms with Crippen LogP contribution < -0.4 is 16.4 Å². The number of amides is 4. The Labute approximate surface area is 298 Å². The van der Waals surface area contributed by atoms with Gasteiger partial charge in [0, 0.05) is 50.7 Å². The summed E-state index contributed by atoms with van der Waals surface area (Å²) in [5.74, 6) is 0.115. The second-order valence-electron chi connectivity index (χ2n) is 13.4. The van der Waals surface area contributed by atoms with Crippen LogP contribution in [0.3, 0.4) is 0 Å². The molecule has 1 aliphatic carbocycles. The summed E-state index contributed by atoms with van der Waals surface area (Å²) in [6.07, 6.45) is 6.22. The Balaban J connectivity index is 1.31. The first-order chi connectivity index (χ1) is 24.5. The van der Waals surface area contributed by atoms with Gasteiger partial charge in [-0.2, -0.15) is 0 Å². The number of rotatable bonds is 16. The minimum absolute atomic E-state index is 0.0170. The zero-order valence-corrected chi connectivity index (χ0v) is 29.3. The molecule has 4 amide bonds. The smallest absolute Gasteiger partial charge is 0.320 e. The topological polar surface area (TPSA) is 90.7 Å². The highest BCUT2D eigenvalue weighted by Crippen LogP contribution is 2.29. The van der Waals surface area contributed by atoms with Gasteiger partial charge in [-0.05, 0) is 59.9 Å². The van der Waals surface area contributed by atoms with Gasteiger partial charge < -0.3 is 26.2 Å². The molecular weight excluding hydrogens is 619 g/mol. The van der Waals surface area contributed by atoms with E-state index >= 15 is 0 Å². The van der Waals surface area contributed by atoms with Gasteiger partial charge in [-0.25, -0.2) is 9.59 Å². The lowest BCUT2D eigenvalue weighted by molar-refractivity contribution is 0.113. The highest BCUT2D eigenvalue weighted by atomic mass is 16.2. The van der Waals surface area contributed by atoms with Crippen molar-refractivity contribution in [2.75, 3.05) is 32.7 Å². The molecule has 0 bridgehead atoms. The first-order valence-corrected chi connectivity index (χ1v) is 18.1. The zero-order valence-electron chi connectivity index (χ0n) is 29.3. The molecule has 7 heteroatoms. The van der Waals surface area contributed by atoms with Gasteiger partial charge in [0.25, 0.3) is 0 Å². The molecular formula is C43H53N5O2. The SMILES string of the molecule is C=C(CNC(=O)NCCc1ccccc1)CN(CCC(c1ccccc1)c1ccccc1)C(=O)N(CCc1ccccc1)[C@@H]1CCCC[C@H]1N. The number of benzene rings is 4. The Kier molecular flexibility index (Phi) is 14.1. The molecule has 4 aromatic rings. The van der Waals surface area contributed by atoms with Crippen molar-refractivity contribution in [1.29, 1.82) is 0 Å². The summed E-state index contributed by atoms with van der Waals surface area (Å²) < 4.78 is 0. The van der Waals surface area contributed by atoms with E-state index in [9.17, 15) is 9.59 Å². The molecule has 4 N–H and O–H groups in total. The molecule has 50 heavy (non-hydrogen) atoms. The highest BCUT2D eigenvalue weighted by molar-refractivity contribution is 5.76. The summed E-state index contributed by atoms with van der Waals surface area (Å²) in [4.78, 5) is 31.5. The predicted molar refractivity (Wildman–Crippen MR) is 204 cm³/mol. The molecule has 5 rings (SSSR count). The number of nitrogens with zero attached hydrogens (tertiary/aromatic N) is 2. The van der Waals surface area contributed by atoms with Crippen LogP contribution in [-0.2, 0) is 12.8 Å². The van der Waals surface area contributed by atoms with E-state index in [0.717, 1.165) is 50.5 Å². The van der Waals surface area contributed by atoms with Crippen molar-refractivity contribution in [3.63, 3.8) is 0 Å². The number of carbonyl (C=O) groups excluding carboxylic acids is 2. The standard InChI is InChI=1S/C43H53N5O2/c1-34(32-46-42(49)45-29-26-35-16-6-2-7-17-35)33-47(30-28-39(37-20-10-4-11-21-37)38-22-12-5-13-23-38)43(50)48(41-25-15-14-24-40(41)44)31-27-36-18-8-3-9-19-36/h2-13,16-23,39-41H,1,14-15,24-33,44H2,(H2,45,46,49)/t40-,41-/m1/s1. The minimum Gasteiger partial charge on any atom is -0.338 e. The Bertz CT molecular complexity index is 1560. The van der Waals surface area contributed by atoms with E-state index < -0.39 is 0 Å². The Morgan fingerprint density at radius 1 is 0.720 bits per heavy atom. The predicted octanol–water partition coefficient (Wildman–Crippen LogP) is 7.54. The monoisotopic (exact) mass is 671 g/mol. The van der Waals surface area contributed by atoms with Gasteiger partial charge >= 0.3 is 12.1 Å². The first-order valence-electron chi connectivity index (χ1n) is 18.1.